The van der Waals surface area contributed by atoms with Crippen molar-refractivity contribution < 1.29 is 19.1 Å². The summed E-state index contributed by atoms with van der Waals surface area (Å²) in [4.78, 5) is 23.1. The fraction of sp³-hybridized carbons (Fsp3) is 0.333. The highest BCUT2D eigenvalue weighted by Gasteiger charge is 2.21. The third kappa shape index (κ3) is 2.91. The number of methoxy groups -OCH3 is 1. The molecule has 1 amide bonds. The number of amides is 1. The van der Waals surface area contributed by atoms with Crippen LogP contribution in [0.15, 0.2) is 18.2 Å². The fourth-order valence-corrected chi connectivity index (χ4v) is 1.42. The lowest BCUT2D eigenvalue weighted by Gasteiger charge is -2.14. The summed E-state index contributed by atoms with van der Waals surface area (Å²) in [6.45, 7) is 1.48. The molecule has 0 aromatic heterocycles. The SMILES string of the molecule is CNC(=O)C(C)OC(=O)c1cccc(N)c1OC. The lowest BCUT2D eigenvalue weighted by Crippen LogP contribution is -2.33. The molecule has 0 aliphatic rings. The number of carbonyl (C=O) groups is 2. The van der Waals surface area contributed by atoms with Crippen molar-refractivity contribution in [2.45, 2.75) is 13.0 Å². The predicted molar refractivity (Wildman–Crippen MR) is 66.4 cm³/mol. The van der Waals surface area contributed by atoms with Crippen LogP contribution in [-0.2, 0) is 9.53 Å². The Morgan fingerprint density at radius 3 is 2.61 bits per heavy atom. The maximum Gasteiger partial charge on any atom is 0.342 e. The summed E-state index contributed by atoms with van der Waals surface area (Å²) >= 11 is 0. The van der Waals surface area contributed by atoms with Crippen LogP contribution in [-0.4, -0.2) is 32.1 Å². The molecule has 0 radical (unpaired) electrons. The van der Waals surface area contributed by atoms with Gasteiger partial charge in [0, 0.05) is 7.05 Å². The Hall–Kier alpha value is -2.24. The number of esters is 1. The van der Waals surface area contributed by atoms with Gasteiger partial charge in [-0.25, -0.2) is 4.79 Å². The quantitative estimate of drug-likeness (QED) is 0.604. The zero-order valence-electron chi connectivity index (χ0n) is 10.5. The van der Waals surface area contributed by atoms with E-state index in [1.807, 2.05) is 0 Å². The number of carbonyl (C=O) groups excluding carboxylic acids is 2. The van der Waals surface area contributed by atoms with Gasteiger partial charge in [-0.15, -0.1) is 0 Å². The van der Waals surface area contributed by atoms with Crippen molar-refractivity contribution in [1.82, 2.24) is 5.32 Å². The molecule has 1 aromatic rings. The minimum Gasteiger partial charge on any atom is -0.494 e. The van der Waals surface area contributed by atoms with E-state index in [1.165, 1.54) is 27.1 Å². The number of nitrogens with two attached hydrogens (primary N) is 1. The first-order valence-electron chi connectivity index (χ1n) is 5.36. The molecule has 0 bridgehead atoms. The minimum atomic E-state index is -0.881. The normalized spacial score (nSPS) is 11.5. The summed E-state index contributed by atoms with van der Waals surface area (Å²) in [5.41, 5.74) is 6.20. The van der Waals surface area contributed by atoms with Crippen LogP contribution in [0.4, 0.5) is 5.69 Å². The van der Waals surface area contributed by atoms with Gasteiger partial charge in [0.05, 0.1) is 12.8 Å². The van der Waals surface area contributed by atoms with E-state index in [0.717, 1.165) is 0 Å². The molecule has 1 atom stereocenters. The monoisotopic (exact) mass is 252 g/mol. The Balaban J connectivity index is 2.91. The van der Waals surface area contributed by atoms with Gasteiger partial charge in [0.15, 0.2) is 11.9 Å². The molecule has 0 spiro atoms. The van der Waals surface area contributed by atoms with E-state index < -0.39 is 12.1 Å². The molecule has 0 heterocycles. The number of hydrogen-bond acceptors (Lipinski definition) is 5. The zero-order valence-corrected chi connectivity index (χ0v) is 10.5. The molecular formula is C12H16N2O4. The maximum atomic E-state index is 11.9. The van der Waals surface area contributed by atoms with Crippen LogP contribution < -0.4 is 15.8 Å². The first kappa shape index (κ1) is 13.8. The summed E-state index contributed by atoms with van der Waals surface area (Å²) in [6.07, 6.45) is -0.881. The van der Waals surface area contributed by atoms with Crippen molar-refractivity contribution in [2.75, 3.05) is 19.9 Å². The Labute approximate surface area is 105 Å². The van der Waals surface area contributed by atoms with Crippen LogP contribution in [0.5, 0.6) is 5.75 Å². The van der Waals surface area contributed by atoms with E-state index in [9.17, 15) is 9.59 Å². The Morgan fingerprint density at radius 1 is 1.39 bits per heavy atom. The van der Waals surface area contributed by atoms with Gasteiger partial charge < -0.3 is 20.5 Å². The molecule has 1 aromatic carbocycles. The molecule has 1 unspecified atom stereocenters. The van der Waals surface area contributed by atoms with Crippen LogP contribution >= 0.6 is 0 Å². The van der Waals surface area contributed by atoms with Crippen molar-refractivity contribution in [1.29, 1.82) is 0 Å². The summed E-state index contributed by atoms with van der Waals surface area (Å²) in [7, 11) is 2.87. The van der Waals surface area contributed by atoms with Crippen LogP contribution in [0, 0.1) is 0 Å². The topological polar surface area (TPSA) is 90.7 Å². The molecule has 6 nitrogen and oxygen atoms in total. The Morgan fingerprint density at radius 2 is 2.06 bits per heavy atom. The van der Waals surface area contributed by atoms with Gasteiger partial charge >= 0.3 is 5.97 Å². The molecule has 3 N–H and O–H groups in total. The average molecular weight is 252 g/mol. The second kappa shape index (κ2) is 5.90. The van der Waals surface area contributed by atoms with Crippen LogP contribution in [0.1, 0.15) is 17.3 Å². The molecule has 0 saturated carbocycles. The smallest absolute Gasteiger partial charge is 0.342 e. The number of anilines is 1. The Kier molecular flexibility index (Phi) is 4.53. The maximum absolute atomic E-state index is 11.9. The molecule has 0 saturated heterocycles. The van der Waals surface area contributed by atoms with E-state index in [1.54, 1.807) is 12.1 Å². The average Bonchev–Trinajstić information content (AvgIpc) is 2.37. The van der Waals surface area contributed by atoms with Gasteiger partial charge in [0.1, 0.15) is 5.56 Å². The third-order valence-corrected chi connectivity index (χ3v) is 2.37. The van der Waals surface area contributed by atoms with Gasteiger partial charge in [-0.2, -0.15) is 0 Å². The third-order valence-electron chi connectivity index (χ3n) is 2.37. The second-order valence-electron chi connectivity index (χ2n) is 3.59. The summed E-state index contributed by atoms with van der Waals surface area (Å²) in [6, 6.07) is 4.74. The first-order valence-corrected chi connectivity index (χ1v) is 5.36. The molecule has 0 aliphatic heterocycles. The van der Waals surface area contributed by atoms with Gasteiger partial charge in [0.25, 0.3) is 5.91 Å². The van der Waals surface area contributed by atoms with Gasteiger partial charge in [-0.3, -0.25) is 4.79 Å². The van der Waals surface area contributed by atoms with E-state index in [2.05, 4.69) is 5.32 Å². The predicted octanol–water partition coefficient (Wildman–Crippen LogP) is 0.569. The number of ether oxygens (including phenoxy) is 2. The first-order chi connectivity index (χ1) is 8.51. The lowest BCUT2D eigenvalue weighted by molar-refractivity contribution is -0.128. The highest BCUT2D eigenvalue weighted by Crippen LogP contribution is 2.26. The van der Waals surface area contributed by atoms with Crippen molar-refractivity contribution in [3.8, 4) is 5.75 Å². The van der Waals surface area contributed by atoms with E-state index in [0.29, 0.717) is 5.69 Å². The standard InChI is InChI=1S/C12H16N2O4/c1-7(11(15)14-2)18-12(16)8-5-4-6-9(13)10(8)17-3/h4-7H,13H2,1-3H3,(H,14,15). The van der Waals surface area contributed by atoms with Crippen molar-refractivity contribution in [3.63, 3.8) is 0 Å². The molecule has 18 heavy (non-hydrogen) atoms. The molecule has 1 rings (SSSR count). The number of para-hydroxylation sites is 1. The minimum absolute atomic E-state index is 0.188. The van der Waals surface area contributed by atoms with Crippen molar-refractivity contribution in [3.05, 3.63) is 23.8 Å². The van der Waals surface area contributed by atoms with E-state index in [-0.39, 0.29) is 17.2 Å². The number of rotatable bonds is 4. The molecular weight excluding hydrogens is 236 g/mol. The largest absolute Gasteiger partial charge is 0.494 e. The zero-order chi connectivity index (χ0) is 13.7. The number of nitrogens with one attached hydrogen (secondary N) is 1. The summed E-state index contributed by atoms with van der Waals surface area (Å²) in [5.74, 6) is -0.798. The van der Waals surface area contributed by atoms with Gasteiger partial charge in [0.2, 0.25) is 0 Å². The van der Waals surface area contributed by atoms with E-state index in [4.69, 9.17) is 15.2 Å². The number of hydrogen-bond donors (Lipinski definition) is 2. The second-order valence-corrected chi connectivity index (χ2v) is 3.59. The molecule has 98 valence electrons. The lowest BCUT2D eigenvalue weighted by atomic mass is 10.1. The number of likely N-dealkylation sites (N-methyl/N-ethyl adjacent to an activating group) is 1. The fourth-order valence-electron chi connectivity index (χ4n) is 1.42. The van der Waals surface area contributed by atoms with Gasteiger partial charge in [-0.1, -0.05) is 6.07 Å². The highest BCUT2D eigenvalue weighted by molar-refractivity contribution is 5.96. The van der Waals surface area contributed by atoms with Crippen LogP contribution in [0.2, 0.25) is 0 Å². The van der Waals surface area contributed by atoms with Gasteiger partial charge in [-0.05, 0) is 19.1 Å². The van der Waals surface area contributed by atoms with Crippen LogP contribution in [0.25, 0.3) is 0 Å². The summed E-state index contributed by atoms with van der Waals surface area (Å²) < 4.78 is 10.0. The van der Waals surface area contributed by atoms with Crippen LogP contribution in [0.3, 0.4) is 0 Å². The number of nitrogen functional groups attached to an aromatic ring is 1. The van der Waals surface area contributed by atoms with Crippen molar-refractivity contribution >= 4 is 17.6 Å². The highest BCUT2D eigenvalue weighted by atomic mass is 16.5. The number of benzene rings is 1. The van der Waals surface area contributed by atoms with E-state index >= 15 is 0 Å². The Bertz CT molecular complexity index is 459. The molecule has 0 aliphatic carbocycles. The summed E-state index contributed by atoms with van der Waals surface area (Å²) in [5, 5.41) is 2.39. The van der Waals surface area contributed by atoms with Crippen molar-refractivity contribution in [2.24, 2.45) is 0 Å². The molecule has 6 heteroatoms. The molecule has 0 fully saturated rings.